The van der Waals surface area contributed by atoms with Crippen LogP contribution in [0.15, 0.2) is 36.4 Å². The Balaban J connectivity index is 1.62. The third-order valence-corrected chi connectivity index (χ3v) is 3.52. The van der Waals surface area contributed by atoms with E-state index in [1.54, 1.807) is 24.3 Å². The summed E-state index contributed by atoms with van der Waals surface area (Å²) in [6, 6.07) is 9.12. The Bertz CT molecular complexity index is 824. The number of hydrogen-bond donors (Lipinski definition) is 0. The average Bonchev–Trinajstić information content (AvgIpc) is 3.05. The van der Waals surface area contributed by atoms with Gasteiger partial charge in [-0.1, -0.05) is 17.7 Å². The Kier molecular flexibility index (Phi) is 4.90. The fraction of sp³-hybridized carbons (Fsp3) is 0.188. The molecule has 3 rings (SSSR count). The summed E-state index contributed by atoms with van der Waals surface area (Å²) in [6.07, 6.45) is 0. The van der Waals surface area contributed by atoms with E-state index < -0.39 is 16.6 Å². The number of fused-ring (bicyclic) bond motifs is 1. The highest BCUT2D eigenvalue weighted by Gasteiger charge is 2.28. The lowest BCUT2D eigenvalue weighted by atomic mass is 10.1. The third-order valence-electron chi connectivity index (χ3n) is 3.29. The van der Waals surface area contributed by atoms with Gasteiger partial charge in [-0.3, -0.25) is 10.1 Å². The van der Waals surface area contributed by atoms with Crippen molar-refractivity contribution in [2.24, 2.45) is 0 Å². The number of benzene rings is 2. The summed E-state index contributed by atoms with van der Waals surface area (Å²) in [4.78, 5) is 22.6. The molecule has 9 heteroatoms. The highest BCUT2D eigenvalue weighted by Crippen LogP contribution is 2.38. The Morgan fingerprint density at radius 3 is 2.68 bits per heavy atom. The zero-order valence-electron chi connectivity index (χ0n) is 12.8. The molecule has 0 fully saturated rings. The van der Waals surface area contributed by atoms with Crippen molar-refractivity contribution in [2.75, 3.05) is 20.0 Å². The van der Waals surface area contributed by atoms with Gasteiger partial charge >= 0.3 is 5.97 Å². The molecule has 8 nitrogen and oxygen atoms in total. The maximum absolute atomic E-state index is 12.1. The summed E-state index contributed by atoms with van der Waals surface area (Å²) in [5.41, 5.74) is -0.623. The summed E-state index contributed by atoms with van der Waals surface area (Å²) >= 11 is 5.83. The predicted octanol–water partition coefficient (Wildman–Crippen LogP) is 3.21. The number of carbonyl (C=O) groups is 1. The van der Waals surface area contributed by atoms with E-state index in [1.165, 1.54) is 6.07 Å². The second-order valence-electron chi connectivity index (χ2n) is 4.92. The van der Waals surface area contributed by atoms with Crippen molar-refractivity contribution in [3.05, 3.63) is 57.1 Å². The molecule has 0 spiro atoms. The first kappa shape index (κ1) is 16.8. The maximum atomic E-state index is 12.1. The number of nitro groups is 1. The van der Waals surface area contributed by atoms with Crippen molar-refractivity contribution < 1.29 is 28.7 Å². The molecule has 0 aliphatic carbocycles. The molecule has 130 valence electrons. The number of nitro benzene ring substituents is 1. The first-order chi connectivity index (χ1) is 12.0. The van der Waals surface area contributed by atoms with Gasteiger partial charge in [-0.25, -0.2) is 4.79 Å². The van der Waals surface area contributed by atoms with Gasteiger partial charge in [0.15, 0.2) is 11.5 Å². The lowest BCUT2D eigenvalue weighted by molar-refractivity contribution is -0.385. The van der Waals surface area contributed by atoms with Crippen LogP contribution in [0.1, 0.15) is 10.4 Å². The number of carbonyl (C=O) groups excluding carboxylic acids is 1. The molecule has 25 heavy (non-hydrogen) atoms. The van der Waals surface area contributed by atoms with Crippen LogP contribution in [0.4, 0.5) is 5.69 Å². The van der Waals surface area contributed by atoms with Gasteiger partial charge in [-0.2, -0.15) is 0 Å². The van der Waals surface area contributed by atoms with Crippen LogP contribution in [-0.4, -0.2) is 30.9 Å². The number of halogens is 1. The number of ether oxygens (including phenoxy) is 4. The van der Waals surface area contributed by atoms with Gasteiger partial charge in [-0.15, -0.1) is 0 Å². The van der Waals surface area contributed by atoms with Crippen LogP contribution in [0.5, 0.6) is 17.2 Å². The molecule has 0 aromatic heterocycles. The van der Waals surface area contributed by atoms with Crippen molar-refractivity contribution in [1.29, 1.82) is 0 Å². The first-order valence-electron chi connectivity index (χ1n) is 7.18. The topological polar surface area (TPSA) is 97.1 Å². The van der Waals surface area contributed by atoms with Crippen molar-refractivity contribution in [3.8, 4) is 17.2 Å². The number of esters is 1. The van der Waals surface area contributed by atoms with Gasteiger partial charge in [0.2, 0.25) is 6.79 Å². The van der Waals surface area contributed by atoms with E-state index in [2.05, 4.69) is 0 Å². The standard InChI is InChI=1S/C16H12ClNO7/c17-10-2-1-3-11(6-10)22-4-5-23-16(19)12-7-14-15(25-9-24-14)8-13(12)18(20)21/h1-3,6-8H,4-5,9H2. The zero-order valence-corrected chi connectivity index (χ0v) is 13.5. The lowest BCUT2D eigenvalue weighted by Crippen LogP contribution is -2.13. The lowest BCUT2D eigenvalue weighted by Gasteiger charge is -2.08. The smallest absolute Gasteiger partial charge is 0.345 e. The van der Waals surface area contributed by atoms with E-state index in [0.717, 1.165) is 6.07 Å². The van der Waals surface area contributed by atoms with Crippen LogP contribution in [0.3, 0.4) is 0 Å². The number of hydrogen-bond acceptors (Lipinski definition) is 7. The maximum Gasteiger partial charge on any atom is 0.345 e. The van der Waals surface area contributed by atoms with Gasteiger partial charge in [0.1, 0.15) is 24.5 Å². The van der Waals surface area contributed by atoms with E-state index >= 15 is 0 Å². The predicted molar refractivity (Wildman–Crippen MR) is 86.4 cm³/mol. The molecule has 0 saturated carbocycles. The molecule has 0 N–H and O–H groups in total. The van der Waals surface area contributed by atoms with Crippen molar-refractivity contribution in [2.45, 2.75) is 0 Å². The molecule has 1 aliphatic heterocycles. The molecular weight excluding hydrogens is 354 g/mol. The van der Waals surface area contributed by atoms with Gasteiger partial charge in [0.25, 0.3) is 5.69 Å². The van der Waals surface area contributed by atoms with E-state index in [4.69, 9.17) is 30.5 Å². The summed E-state index contributed by atoms with van der Waals surface area (Å²) in [7, 11) is 0. The summed E-state index contributed by atoms with van der Waals surface area (Å²) in [6.45, 7) is -0.0696. The molecule has 1 aliphatic rings. The SMILES string of the molecule is O=C(OCCOc1cccc(Cl)c1)c1cc2c(cc1[N+](=O)[O-])OCO2. The van der Waals surface area contributed by atoms with E-state index in [1.807, 2.05) is 0 Å². The van der Waals surface area contributed by atoms with Crippen molar-refractivity contribution in [3.63, 3.8) is 0 Å². The first-order valence-corrected chi connectivity index (χ1v) is 7.56. The quantitative estimate of drug-likeness (QED) is 0.335. The largest absolute Gasteiger partial charge is 0.490 e. The van der Waals surface area contributed by atoms with Gasteiger partial charge < -0.3 is 18.9 Å². The molecule has 0 atom stereocenters. The molecule has 2 aromatic carbocycles. The molecule has 0 amide bonds. The summed E-state index contributed by atoms with van der Waals surface area (Å²) < 4.78 is 20.6. The van der Waals surface area contributed by atoms with Crippen molar-refractivity contribution >= 4 is 23.3 Å². The summed E-state index contributed by atoms with van der Waals surface area (Å²) in [5, 5.41) is 11.7. The molecule has 0 bridgehead atoms. The minimum absolute atomic E-state index is 0.0571. The van der Waals surface area contributed by atoms with Crippen molar-refractivity contribution in [1.82, 2.24) is 0 Å². The van der Waals surface area contributed by atoms with E-state index in [0.29, 0.717) is 10.8 Å². The monoisotopic (exact) mass is 365 g/mol. The van der Waals surface area contributed by atoms with Crippen LogP contribution in [0, 0.1) is 10.1 Å². The van der Waals surface area contributed by atoms with Crippen LogP contribution >= 0.6 is 11.6 Å². The number of rotatable bonds is 6. The Labute approximate surface area is 147 Å². The fourth-order valence-corrected chi connectivity index (χ4v) is 2.35. The molecule has 0 saturated heterocycles. The summed E-state index contributed by atoms with van der Waals surface area (Å²) in [5.74, 6) is 0.151. The van der Waals surface area contributed by atoms with Crippen LogP contribution in [0.25, 0.3) is 0 Å². The minimum Gasteiger partial charge on any atom is -0.490 e. The van der Waals surface area contributed by atoms with Gasteiger partial charge in [-0.05, 0) is 18.2 Å². The van der Waals surface area contributed by atoms with E-state index in [9.17, 15) is 14.9 Å². The van der Waals surface area contributed by atoms with Crippen LogP contribution in [-0.2, 0) is 4.74 Å². The van der Waals surface area contributed by atoms with Crippen LogP contribution < -0.4 is 14.2 Å². The molecule has 0 unspecified atom stereocenters. The van der Waals surface area contributed by atoms with Gasteiger partial charge in [0.05, 0.1) is 11.0 Å². The normalized spacial score (nSPS) is 11.9. The Morgan fingerprint density at radius 1 is 1.20 bits per heavy atom. The highest BCUT2D eigenvalue weighted by atomic mass is 35.5. The third kappa shape index (κ3) is 3.92. The second kappa shape index (κ2) is 7.27. The van der Waals surface area contributed by atoms with E-state index in [-0.39, 0.29) is 37.1 Å². The fourth-order valence-electron chi connectivity index (χ4n) is 2.17. The van der Waals surface area contributed by atoms with Gasteiger partial charge in [0, 0.05) is 11.1 Å². The molecule has 0 radical (unpaired) electrons. The Morgan fingerprint density at radius 2 is 1.96 bits per heavy atom. The highest BCUT2D eigenvalue weighted by molar-refractivity contribution is 6.30. The molecule has 1 heterocycles. The zero-order chi connectivity index (χ0) is 17.8. The minimum atomic E-state index is -0.848. The van der Waals surface area contributed by atoms with Crippen LogP contribution in [0.2, 0.25) is 5.02 Å². The average molecular weight is 366 g/mol. The number of nitrogens with zero attached hydrogens (tertiary/aromatic N) is 1. The molecule has 2 aromatic rings. The molecular formula is C16H12ClNO7. The Hall–Kier alpha value is -3.00. The second-order valence-corrected chi connectivity index (χ2v) is 5.36.